The lowest BCUT2D eigenvalue weighted by molar-refractivity contribution is -0.192. The summed E-state index contributed by atoms with van der Waals surface area (Å²) in [5.74, 6) is -2.44. The number of nitrogens with zero attached hydrogens (tertiary/aromatic N) is 1. The van der Waals surface area contributed by atoms with Crippen LogP contribution in [0.5, 0.6) is 0 Å². The molecule has 2 fully saturated rings. The molecule has 2 N–H and O–H groups in total. The topological polar surface area (TPSA) is 78.9 Å². The molecule has 2 heterocycles. The highest BCUT2D eigenvalue weighted by Gasteiger charge is 2.44. The number of morpholine rings is 1. The van der Waals surface area contributed by atoms with Crippen LogP contribution in [0.15, 0.2) is 24.3 Å². The maximum Gasteiger partial charge on any atom is 0.490 e. The lowest BCUT2D eigenvalue weighted by atomic mass is 9.99. The molecular weight excluding hydrogens is 408 g/mol. The maximum atomic E-state index is 13.0. The number of halogens is 4. The van der Waals surface area contributed by atoms with Crippen LogP contribution in [0.3, 0.4) is 0 Å². The molecule has 6 nitrogen and oxygen atoms in total. The fourth-order valence-electron chi connectivity index (χ4n) is 3.43. The summed E-state index contributed by atoms with van der Waals surface area (Å²) in [5.41, 5.74) is 1.09. The van der Waals surface area contributed by atoms with Crippen molar-refractivity contribution in [1.82, 2.24) is 10.2 Å². The van der Waals surface area contributed by atoms with Crippen molar-refractivity contribution in [3.8, 4) is 0 Å². The Hall–Kier alpha value is -2.20. The number of carboxylic acid groups (broad SMARTS) is 1. The smallest absolute Gasteiger partial charge is 0.475 e. The van der Waals surface area contributed by atoms with Gasteiger partial charge in [0.2, 0.25) is 5.91 Å². The monoisotopic (exact) mass is 434 g/mol. The largest absolute Gasteiger partial charge is 0.490 e. The summed E-state index contributed by atoms with van der Waals surface area (Å²) >= 11 is 0. The third-order valence-electron chi connectivity index (χ3n) is 4.82. The zero-order valence-electron chi connectivity index (χ0n) is 16.8. The van der Waals surface area contributed by atoms with E-state index < -0.39 is 12.1 Å². The van der Waals surface area contributed by atoms with Gasteiger partial charge in [0.25, 0.3) is 0 Å². The third-order valence-corrected chi connectivity index (χ3v) is 4.82. The summed E-state index contributed by atoms with van der Waals surface area (Å²) in [4.78, 5) is 23.5. The van der Waals surface area contributed by atoms with Crippen molar-refractivity contribution in [2.75, 3.05) is 19.6 Å². The van der Waals surface area contributed by atoms with Crippen LogP contribution in [-0.2, 0) is 20.9 Å². The molecule has 2 aliphatic heterocycles. The van der Waals surface area contributed by atoms with E-state index in [1.165, 1.54) is 12.1 Å². The van der Waals surface area contributed by atoms with Crippen LogP contribution in [-0.4, -0.2) is 59.9 Å². The summed E-state index contributed by atoms with van der Waals surface area (Å²) in [6.07, 6.45) is -4.18. The first-order valence-corrected chi connectivity index (χ1v) is 9.65. The van der Waals surface area contributed by atoms with E-state index in [1.54, 1.807) is 0 Å². The van der Waals surface area contributed by atoms with Crippen LogP contribution in [0.4, 0.5) is 17.6 Å². The molecule has 30 heavy (non-hydrogen) atoms. The SMILES string of the molecule is CC(C)CNC(=O)[C@H]1C[C@@H]2CN(Cc3ccc(F)cc3)C[C@H]1O2.O=C(O)C(F)(F)F. The minimum atomic E-state index is -5.08. The van der Waals surface area contributed by atoms with Crippen LogP contribution >= 0.6 is 0 Å². The Kier molecular flexibility index (Phi) is 8.19. The standard InChI is InChI=1S/C18H25FN2O2.C2HF3O2/c1-12(2)8-20-18(22)16-7-15-10-21(11-17(16)23-15)9-13-3-5-14(19)6-4-13;3-2(4,5)1(6)7/h3-6,12,15-17H,7-11H2,1-2H3,(H,20,22);(H,6,7)/t15-,16+,17-;/m1./s1. The van der Waals surface area contributed by atoms with E-state index in [0.29, 0.717) is 12.5 Å². The second-order valence-corrected chi connectivity index (χ2v) is 7.90. The van der Waals surface area contributed by atoms with Crippen LogP contribution < -0.4 is 5.32 Å². The summed E-state index contributed by atoms with van der Waals surface area (Å²) in [6, 6.07) is 6.62. The van der Waals surface area contributed by atoms with E-state index in [-0.39, 0.29) is 29.9 Å². The third kappa shape index (κ3) is 7.24. The molecule has 2 aliphatic rings. The van der Waals surface area contributed by atoms with Gasteiger partial charge in [-0.15, -0.1) is 0 Å². The lowest BCUT2D eigenvalue weighted by Gasteiger charge is -2.32. The van der Waals surface area contributed by atoms with Crippen LogP contribution in [0, 0.1) is 17.7 Å². The predicted octanol–water partition coefficient (Wildman–Crippen LogP) is 2.82. The number of nitrogens with one attached hydrogen (secondary N) is 1. The highest BCUT2D eigenvalue weighted by molar-refractivity contribution is 5.79. The molecule has 0 aliphatic carbocycles. The van der Waals surface area contributed by atoms with E-state index in [1.807, 2.05) is 12.1 Å². The summed E-state index contributed by atoms with van der Waals surface area (Å²) in [7, 11) is 0. The van der Waals surface area contributed by atoms with E-state index in [4.69, 9.17) is 14.6 Å². The van der Waals surface area contributed by atoms with E-state index >= 15 is 0 Å². The average Bonchev–Trinajstić information content (AvgIpc) is 2.95. The van der Waals surface area contributed by atoms with Gasteiger partial charge in [-0.3, -0.25) is 9.69 Å². The molecule has 2 saturated heterocycles. The van der Waals surface area contributed by atoms with Gasteiger partial charge in [0.1, 0.15) is 5.82 Å². The fourth-order valence-corrected chi connectivity index (χ4v) is 3.43. The fraction of sp³-hybridized carbons (Fsp3) is 0.600. The number of carbonyl (C=O) groups is 2. The van der Waals surface area contributed by atoms with Gasteiger partial charge in [-0.2, -0.15) is 13.2 Å². The minimum Gasteiger partial charge on any atom is -0.475 e. The molecule has 168 valence electrons. The molecule has 10 heteroatoms. The molecule has 2 bridgehead atoms. The molecule has 0 saturated carbocycles. The minimum absolute atomic E-state index is 0.0265. The van der Waals surface area contributed by atoms with Gasteiger partial charge < -0.3 is 15.2 Å². The molecular formula is C20H26F4N2O4. The maximum absolute atomic E-state index is 13.0. The Morgan fingerprint density at radius 1 is 1.23 bits per heavy atom. The Balaban J connectivity index is 0.000000396. The van der Waals surface area contributed by atoms with Crippen molar-refractivity contribution in [3.05, 3.63) is 35.6 Å². The van der Waals surface area contributed by atoms with E-state index in [2.05, 4.69) is 24.1 Å². The van der Waals surface area contributed by atoms with Gasteiger partial charge in [0.15, 0.2) is 0 Å². The van der Waals surface area contributed by atoms with Crippen LogP contribution in [0.25, 0.3) is 0 Å². The van der Waals surface area contributed by atoms with Crippen LogP contribution in [0.2, 0.25) is 0 Å². The van der Waals surface area contributed by atoms with E-state index in [9.17, 15) is 22.4 Å². The number of alkyl halides is 3. The van der Waals surface area contributed by atoms with Crippen molar-refractivity contribution in [1.29, 1.82) is 0 Å². The van der Waals surface area contributed by atoms with Gasteiger partial charge >= 0.3 is 12.1 Å². The molecule has 1 amide bonds. The first-order valence-electron chi connectivity index (χ1n) is 9.65. The Morgan fingerprint density at radius 3 is 2.37 bits per heavy atom. The number of ether oxygens (including phenoxy) is 1. The highest BCUT2D eigenvalue weighted by atomic mass is 19.4. The average molecular weight is 434 g/mol. The van der Waals surface area contributed by atoms with E-state index in [0.717, 1.165) is 31.6 Å². The number of benzene rings is 1. The van der Waals surface area contributed by atoms with Crippen molar-refractivity contribution < 1.29 is 37.0 Å². The number of hydrogen-bond acceptors (Lipinski definition) is 4. The molecule has 3 rings (SSSR count). The Morgan fingerprint density at radius 2 is 1.83 bits per heavy atom. The normalized spacial score (nSPS) is 23.6. The summed E-state index contributed by atoms with van der Waals surface area (Å²) in [5, 5.41) is 10.2. The molecule has 0 radical (unpaired) electrons. The second kappa shape index (κ2) is 10.2. The van der Waals surface area contributed by atoms with Crippen molar-refractivity contribution in [2.24, 2.45) is 11.8 Å². The van der Waals surface area contributed by atoms with Crippen molar-refractivity contribution in [3.63, 3.8) is 0 Å². The molecule has 1 aromatic carbocycles. The van der Waals surface area contributed by atoms with Gasteiger partial charge in [-0.25, -0.2) is 9.18 Å². The number of hydrogen-bond donors (Lipinski definition) is 2. The van der Waals surface area contributed by atoms with Crippen molar-refractivity contribution >= 4 is 11.9 Å². The number of carboxylic acids is 1. The molecule has 0 spiro atoms. The van der Waals surface area contributed by atoms with Crippen molar-refractivity contribution in [2.45, 2.75) is 45.2 Å². The number of fused-ring (bicyclic) bond motifs is 2. The van der Waals surface area contributed by atoms with Gasteiger partial charge in [0.05, 0.1) is 18.1 Å². The predicted molar refractivity (Wildman–Crippen MR) is 100.0 cm³/mol. The zero-order chi connectivity index (χ0) is 22.5. The Labute approximate surface area is 172 Å². The molecule has 1 aromatic rings. The number of carbonyl (C=O) groups excluding carboxylic acids is 1. The molecule has 3 atom stereocenters. The quantitative estimate of drug-likeness (QED) is 0.697. The second-order valence-electron chi connectivity index (χ2n) is 7.90. The zero-order valence-corrected chi connectivity index (χ0v) is 16.8. The molecule has 0 unspecified atom stereocenters. The number of rotatable bonds is 5. The van der Waals surface area contributed by atoms with Gasteiger partial charge in [-0.1, -0.05) is 26.0 Å². The van der Waals surface area contributed by atoms with Gasteiger partial charge in [-0.05, 0) is 30.0 Å². The van der Waals surface area contributed by atoms with Gasteiger partial charge in [0, 0.05) is 26.2 Å². The first-order chi connectivity index (χ1) is 14.0. The number of aliphatic carboxylic acids is 1. The number of likely N-dealkylation sites (tertiary alicyclic amines) is 1. The highest BCUT2D eigenvalue weighted by Crippen LogP contribution is 2.32. The van der Waals surface area contributed by atoms with Crippen LogP contribution in [0.1, 0.15) is 25.8 Å². The number of amides is 1. The Bertz CT molecular complexity index is 725. The lowest BCUT2D eigenvalue weighted by Crippen LogP contribution is -2.45. The molecule has 0 aromatic heterocycles. The summed E-state index contributed by atoms with van der Waals surface area (Å²) in [6.45, 7) is 7.26. The first kappa shape index (κ1) is 24.1. The summed E-state index contributed by atoms with van der Waals surface area (Å²) < 4.78 is 50.7.